The maximum atomic E-state index is 15.4. The second-order valence-electron chi connectivity index (χ2n) is 10.5. The maximum Gasteiger partial charge on any atom is 0.337 e. The third-order valence-electron chi connectivity index (χ3n) is 7.65. The molecule has 43 heavy (non-hydrogen) atoms. The van der Waals surface area contributed by atoms with Crippen LogP contribution in [0.25, 0.3) is 22.3 Å². The molecule has 0 unspecified atom stereocenters. The van der Waals surface area contributed by atoms with Gasteiger partial charge in [0.05, 0.1) is 46.6 Å². The number of ether oxygens (including phenoxy) is 2. The van der Waals surface area contributed by atoms with Gasteiger partial charge in [-0.25, -0.2) is 27.9 Å². The van der Waals surface area contributed by atoms with E-state index in [1.165, 1.54) is 25.3 Å². The number of nitrogens with zero attached hydrogens (tertiary/aromatic N) is 4. The number of carbonyl (C=O) groups is 1. The molecule has 1 saturated carbocycles. The maximum absolute atomic E-state index is 15.4. The summed E-state index contributed by atoms with van der Waals surface area (Å²) in [7, 11) is 1.30. The van der Waals surface area contributed by atoms with Gasteiger partial charge in [-0.15, -0.1) is 0 Å². The van der Waals surface area contributed by atoms with Gasteiger partial charge in [-0.2, -0.15) is 5.26 Å². The van der Waals surface area contributed by atoms with Crippen LogP contribution in [0.2, 0.25) is 0 Å². The lowest BCUT2D eigenvalue weighted by molar-refractivity contribution is 0.0601. The van der Waals surface area contributed by atoms with E-state index in [0.717, 1.165) is 6.07 Å². The fourth-order valence-corrected chi connectivity index (χ4v) is 5.17. The number of pyridine rings is 1. The largest absolute Gasteiger partial charge is 0.473 e. The minimum atomic E-state index is -0.734. The van der Waals surface area contributed by atoms with Crippen molar-refractivity contribution in [1.82, 2.24) is 14.5 Å². The van der Waals surface area contributed by atoms with Crippen LogP contribution in [0.1, 0.15) is 45.7 Å². The minimum absolute atomic E-state index is 0.113. The van der Waals surface area contributed by atoms with Crippen LogP contribution in [0.15, 0.2) is 72.8 Å². The fraction of sp³-hybridized carbons (Fsp3) is 0.212. The van der Waals surface area contributed by atoms with Gasteiger partial charge in [0.25, 0.3) is 0 Å². The molecule has 0 amide bonds. The Labute approximate surface area is 245 Å². The number of esters is 1. The third-order valence-corrected chi connectivity index (χ3v) is 7.65. The van der Waals surface area contributed by atoms with Crippen molar-refractivity contribution in [3.63, 3.8) is 0 Å². The Morgan fingerprint density at radius 3 is 2.56 bits per heavy atom. The molecular formula is C33H25F3N4O3. The number of halogens is 3. The van der Waals surface area contributed by atoms with Crippen LogP contribution in [0.5, 0.6) is 5.88 Å². The summed E-state index contributed by atoms with van der Waals surface area (Å²) in [6.45, 7) is -0.693. The molecular weight excluding hydrogens is 557 g/mol. The van der Waals surface area contributed by atoms with Crippen molar-refractivity contribution in [2.75, 3.05) is 13.8 Å². The van der Waals surface area contributed by atoms with Crippen molar-refractivity contribution in [3.05, 3.63) is 113 Å². The van der Waals surface area contributed by atoms with Gasteiger partial charge in [0.2, 0.25) is 5.88 Å². The monoisotopic (exact) mass is 582 g/mol. The van der Waals surface area contributed by atoms with E-state index in [2.05, 4.69) is 4.98 Å². The van der Waals surface area contributed by atoms with E-state index in [0.29, 0.717) is 46.5 Å². The van der Waals surface area contributed by atoms with E-state index >= 15 is 4.39 Å². The van der Waals surface area contributed by atoms with Gasteiger partial charge in [-0.1, -0.05) is 18.2 Å². The van der Waals surface area contributed by atoms with Gasteiger partial charge in [0.15, 0.2) is 0 Å². The van der Waals surface area contributed by atoms with Gasteiger partial charge in [0, 0.05) is 23.6 Å². The summed E-state index contributed by atoms with van der Waals surface area (Å²) in [6, 6.07) is 20.6. The van der Waals surface area contributed by atoms with Crippen LogP contribution >= 0.6 is 0 Å². The summed E-state index contributed by atoms with van der Waals surface area (Å²) < 4.78 is 56.3. The van der Waals surface area contributed by atoms with Gasteiger partial charge in [-0.05, 0) is 66.9 Å². The molecule has 7 nitrogen and oxygen atoms in total. The van der Waals surface area contributed by atoms with Crippen molar-refractivity contribution >= 4 is 17.0 Å². The first-order valence-electron chi connectivity index (χ1n) is 13.6. The average Bonchev–Trinajstić information content (AvgIpc) is 3.73. The zero-order valence-corrected chi connectivity index (χ0v) is 23.1. The highest BCUT2D eigenvalue weighted by Gasteiger charge is 2.47. The van der Waals surface area contributed by atoms with Crippen molar-refractivity contribution < 1.29 is 27.4 Å². The number of fused-ring (bicyclic) bond motifs is 1. The van der Waals surface area contributed by atoms with E-state index < -0.39 is 29.8 Å². The van der Waals surface area contributed by atoms with Gasteiger partial charge >= 0.3 is 5.97 Å². The zero-order valence-electron chi connectivity index (χ0n) is 23.1. The molecule has 1 fully saturated rings. The van der Waals surface area contributed by atoms with Crippen molar-refractivity contribution in [1.29, 1.82) is 5.26 Å². The number of imidazole rings is 1. The SMILES string of the molecule is COC(=O)c1ccc2nc(Cc3ccc(-c4cccc(OCc5ccc(C#N)cc5F)n4)c(F)c3)n(C3(CF)CC3)c2c1. The molecule has 1 aliphatic rings. The summed E-state index contributed by atoms with van der Waals surface area (Å²) in [5, 5.41) is 8.91. The second kappa shape index (κ2) is 11.2. The Morgan fingerprint density at radius 2 is 1.86 bits per heavy atom. The number of hydrogen-bond donors (Lipinski definition) is 0. The topological polar surface area (TPSA) is 90.0 Å². The number of benzene rings is 3. The fourth-order valence-electron chi connectivity index (χ4n) is 5.17. The number of methoxy groups -OCH3 is 1. The summed E-state index contributed by atoms with van der Waals surface area (Å²) in [6.07, 6.45) is 1.52. The van der Waals surface area contributed by atoms with E-state index in [-0.39, 0.29) is 35.6 Å². The number of aromatic nitrogens is 3. The molecule has 3 aromatic carbocycles. The summed E-state index contributed by atoms with van der Waals surface area (Å²) in [5.41, 5.74) is 2.53. The Kier molecular flexibility index (Phi) is 7.32. The quantitative estimate of drug-likeness (QED) is 0.181. The normalized spacial score (nSPS) is 13.5. The number of nitriles is 1. The van der Waals surface area contributed by atoms with Gasteiger partial charge < -0.3 is 14.0 Å². The Bertz CT molecular complexity index is 1910. The standard InChI is InChI=1S/C33H25F3N4O3/c1-42-32(41)22-8-10-28-29(16-22)40(33(19-34)11-12-33)30(38-28)15-20-6-9-24(26(36)13-20)27-3-2-4-31(39-27)43-18-23-7-5-21(17-37)14-25(23)35/h2-10,13-14,16H,11-12,15,18-19H2,1H3. The first kappa shape index (κ1) is 28.0. The Hall–Kier alpha value is -5.17. The van der Waals surface area contributed by atoms with E-state index in [4.69, 9.17) is 19.7 Å². The molecule has 0 aliphatic heterocycles. The predicted molar refractivity (Wildman–Crippen MR) is 152 cm³/mol. The smallest absolute Gasteiger partial charge is 0.337 e. The molecule has 0 atom stereocenters. The molecule has 0 radical (unpaired) electrons. The Balaban J connectivity index is 1.25. The van der Waals surface area contributed by atoms with Crippen LogP contribution in [0, 0.1) is 23.0 Å². The molecule has 2 aromatic heterocycles. The van der Waals surface area contributed by atoms with Crippen LogP contribution in [0.3, 0.4) is 0 Å². The number of rotatable bonds is 9. The molecule has 0 N–H and O–H groups in total. The number of carbonyl (C=O) groups excluding carboxylic acids is 1. The highest BCUT2D eigenvalue weighted by atomic mass is 19.1. The summed E-state index contributed by atoms with van der Waals surface area (Å²) >= 11 is 0. The predicted octanol–water partition coefficient (Wildman–Crippen LogP) is 6.66. The van der Waals surface area contributed by atoms with Crippen LogP contribution < -0.4 is 4.74 Å². The molecule has 0 saturated heterocycles. The lowest BCUT2D eigenvalue weighted by Gasteiger charge is -2.18. The van der Waals surface area contributed by atoms with Gasteiger partial charge in [0.1, 0.15) is 30.7 Å². The Morgan fingerprint density at radius 1 is 1.02 bits per heavy atom. The van der Waals surface area contributed by atoms with Crippen molar-refractivity contribution in [3.8, 4) is 23.2 Å². The molecule has 2 heterocycles. The van der Waals surface area contributed by atoms with Crippen LogP contribution in [0.4, 0.5) is 13.2 Å². The molecule has 216 valence electrons. The zero-order chi connectivity index (χ0) is 30.1. The van der Waals surface area contributed by atoms with Crippen LogP contribution in [-0.2, 0) is 23.3 Å². The first-order valence-corrected chi connectivity index (χ1v) is 13.6. The lowest BCUT2D eigenvalue weighted by atomic mass is 10.0. The van der Waals surface area contributed by atoms with Crippen molar-refractivity contribution in [2.24, 2.45) is 0 Å². The number of hydrogen-bond acceptors (Lipinski definition) is 6. The first-order chi connectivity index (χ1) is 20.8. The molecule has 10 heteroatoms. The number of alkyl halides is 1. The second-order valence-corrected chi connectivity index (χ2v) is 10.5. The van der Waals surface area contributed by atoms with Gasteiger partial charge in [-0.3, -0.25) is 0 Å². The summed E-state index contributed by atoms with van der Waals surface area (Å²) in [4.78, 5) is 21.2. The summed E-state index contributed by atoms with van der Waals surface area (Å²) in [5.74, 6) is -0.812. The van der Waals surface area contributed by atoms with E-state index in [1.807, 2.05) is 10.6 Å². The molecule has 6 rings (SSSR count). The van der Waals surface area contributed by atoms with E-state index in [1.54, 1.807) is 48.5 Å². The minimum Gasteiger partial charge on any atom is -0.473 e. The lowest BCUT2D eigenvalue weighted by Crippen LogP contribution is -2.22. The highest BCUT2D eigenvalue weighted by Crippen LogP contribution is 2.47. The highest BCUT2D eigenvalue weighted by molar-refractivity contribution is 5.94. The molecule has 0 spiro atoms. The third kappa shape index (κ3) is 5.42. The average molecular weight is 583 g/mol. The molecule has 1 aliphatic carbocycles. The van der Waals surface area contributed by atoms with Crippen LogP contribution in [-0.4, -0.2) is 34.3 Å². The van der Waals surface area contributed by atoms with E-state index in [9.17, 15) is 13.6 Å². The molecule has 0 bridgehead atoms. The molecule has 5 aromatic rings. The van der Waals surface area contributed by atoms with Crippen molar-refractivity contribution in [2.45, 2.75) is 31.4 Å².